The molecule has 1 N–H and O–H groups in total. The number of ether oxygens (including phenoxy) is 1. The normalized spacial score (nSPS) is 13.7. The van der Waals surface area contributed by atoms with Crippen molar-refractivity contribution in [2.45, 2.75) is 19.8 Å². The minimum Gasteiger partial charge on any atom is -0.497 e. The third-order valence-electron chi connectivity index (χ3n) is 4.17. The van der Waals surface area contributed by atoms with Crippen LogP contribution in [0, 0.1) is 6.92 Å². The van der Waals surface area contributed by atoms with Crippen LogP contribution in [0.4, 0.5) is 5.69 Å². The standard InChI is InChI=1S/C18H18N2O2/c1-11-5-8-16(22-11)18-14-4-3-9-19-17(14)13-7-6-12(21-2)10-15(13)20-18/h5-8,10,19H,3-4,9H2,1-2H3. The molecule has 0 atom stereocenters. The monoisotopic (exact) mass is 294 g/mol. The smallest absolute Gasteiger partial charge is 0.153 e. The predicted octanol–water partition coefficient (Wildman–Crippen LogP) is 4.17. The Morgan fingerprint density at radius 2 is 2.14 bits per heavy atom. The van der Waals surface area contributed by atoms with E-state index in [9.17, 15) is 0 Å². The number of furan rings is 1. The van der Waals surface area contributed by atoms with E-state index in [0.29, 0.717) is 0 Å². The highest BCUT2D eigenvalue weighted by Crippen LogP contribution is 2.38. The third-order valence-corrected chi connectivity index (χ3v) is 4.17. The van der Waals surface area contributed by atoms with Crippen molar-refractivity contribution in [2.75, 3.05) is 19.0 Å². The van der Waals surface area contributed by atoms with Crippen molar-refractivity contribution in [3.63, 3.8) is 0 Å². The first-order valence-corrected chi connectivity index (χ1v) is 7.57. The molecule has 4 heteroatoms. The van der Waals surface area contributed by atoms with Crippen LogP contribution >= 0.6 is 0 Å². The van der Waals surface area contributed by atoms with E-state index in [2.05, 4.69) is 11.4 Å². The maximum absolute atomic E-state index is 5.82. The molecule has 112 valence electrons. The highest BCUT2D eigenvalue weighted by atomic mass is 16.5. The molecule has 0 amide bonds. The highest BCUT2D eigenvalue weighted by Gasteiger charge is 2.21. The van der Waals surface area contributed by atoms with E-state index >= 15 is 0 Å². The first-order chi connectivity index (χ1) is 10.8. The van der Waals surface area contributed by atoms with Crippen LogP contribution in [-0.4, -0.2) is 18.6 Å². The van der Waals surface area contributed by atoms with Crippen molar-refractivity contribution in [3.8, 4) is 17.2 Å². The molecule has 22 heavy (non-hydrogen) atoms. The lowest BCUT2D eigenvalue weighted by Crippen LogP contribution is -2.14. The van der Waals surface area contributed by atoms with Crippen LogP contribution in [0.15, 0.2) is 34.7 Å². The Kier molecular flexibility index (Phi) is 3.03. The summed E-state index contributed by atoms with van der Waals surface area (Å²) in [6.45, 7) is 2.95. The van der Waals surface area contributed by atoms with Gasteiger partial charge in [-0.2, -0.15) is 0 Å². The number of benzene rings is 1. The Hall–Kier alpha value is -2.49. The van der Waals surface area contributed by atoms with Crippen LogP contribution in [0.1, 0.15) is 17.7 Å². The molecule has 0 fully saturated rings. The van der Waals surface area contributed by atoms with Crippen molar-refractivity contribution in [1.29, 1.82) is 0 Å². The summed E-state index contributed by atoms with van der Waals surface area (Å²) < 4.78 is 11.2. The number of aromatic nitrogens is 1. The largest absolute Gasteiger partial charge is 0.497 e. The van der Waals surface area contributed by atoms with Gasteiger partial charge in [-0.05, 0) is 44.0 Å². The number of nitrogens with zero attached hydrogens (tertiary/aromatic N) is 1. The average molecular weight is 294 g/mol. The summed E-state index contributed by atoms with van der Waals surface area (Å²) in [4.78, 5) is 4.87. The van der Waals surface area contributed by atoms with Gasteiger partial charge in [0.25, 0.3) is 0 Å². The van der Waals surface area contributed by atoms with Gasteiger partial charge < -0.3 is 14.5 Å². The summed E-state index contributed by atoms with van der Waals surface area (Å²) in [5, 5.41) is 4.68. The summed E-state index contributed by atoms with van der Waals surface area (Å²) in [6, 6.07) is 10.0. The highest BCUT2D eigenvalue weighted by molar-refractivity contribution is 5.97. The van der Waals surface area contributed by atoms with Crippen molar-refractivity contribution in [3.05, 3.63) is 41.7 Å². The summed E-state index contributed by atoms with van der Waals surface area (Å²) in [5.41, 5.74) is 4.30. The van der Waals surface area contributed by atoms with Crippen LogP contribution in [0.25, 0.3) is 22.4 Å². The van der Waals surface area contributed by atoms with Gasteiger partial charge in [-0.15, -0.1) is 0 Å². The first kappa shape index (κ1) is 13.2. The van der Waals surface area contributed by atoms with Crippen LogP contribution in [-0.2, 0) is 6.42 Å². The molecule has 0 bridgehead atoms. The molecule has 4 nitrogen and oxygen atoms in total. The Morgan fingerprint density at radius 3 is 2.91 bits per heavy atom. The number of anilines is 1. The maximum atomic E-state index is 5.82. The van der Waals surface area contributed by atoms with Gasteiger partial charge in [-0.1, -0.05) is 0 Å². The third kappa shape index (κ3) is 2.03. The van der Waals surface area contributed by atoms with Crippen LogP contribution in [0.3, 0.4) is 0 Å². The topological polar surface area (TPSA) is 47.3 Å². The number of hydrogen-bond donors (Lipinski definition) is 1. The van der Waals surface area contributed by atoms with E-state index in [1.54, 1.807) is 7.11 Å². The second-order valence-electron chi connectivity index (χ2n) is 5.64. The molecule has 0 aliphatic carbocycles. The molecule has 1 aliphatic rings. The molecule has 0 saturated carbocycles. The minimum absolute atomic E-state index is 0.817. The lowest BCUT2D eigenvalue weighted by molar-refractivity contribution is 0.415. The Bertz CT molecular complexity index is 852. The second kappa shape index (κ2) is 5.05. The van der Waals surface area contributed by atoms with Gasteiger partial charge in [0, 0.05) is 29.2 Å². The van der Waals surface area contributed by atoms with Gasteiger partial charge >= 0.3 is 0 Å². The SMILES string of the molecule is COc1ccc2c3c(c(-c4ccc(C)o4)nc2c1)CCCN3. The lowest BCUT2D eigenvalue weighted by Gasteiger charge is -2.22. The number of nitrogens with one attached hydrogen (secondary N) is 1. The van der Waals surface area contributed by atoms with Crippen LogP contribution < -0.4 is 10.1 Å². The predicted molar refractivity (Wildman–Crippen MR) is 87.5 cm³/mol. The zero-order valence-electron chi connectivity index (χ0n) is 12.8. The number of methoxy groups -OCH3 is 1. The second-order valence-corrected chi connectivity index (χ2v) is 5.64. The first-order valence-electron chi connectivity index (χ1n) is 7.57. The van der Waals surface area contributed by atoms with E-state index < -0.39 is 0 Å². The molecule has 0 radical (unpaired) electrons. The lowest BCUT2D eigenvalue weighted by atomic mass is 9.97. The fraction of sp³-hybridized carbons (Fsp3) is 0.278. The van der Waals surface area contributed by atoms with E-state index in [1.165, 1.54) is 11.3 Å². The summed E-state index contributed by atoms with van der Waals surface area (Å²) in [6.07, 6.45) is 2.13. The van der Waals surface area contributed by atoms with Crippen LogP contribution in [0.2, 0.25) is 0 Å². The molecule has 0 unspecified atom stereocenters. The van der Waals surface area contributed by atoms with E-state index in [1.807, 2.05) is 31.2 Å². The van der Waals surface area contributed by atoms with Gasteiger partial charge in [-0.25, -0.2) is 4.98 Å². The van der Waals surface area contributed by atoms with Crippen molar-refractivity contribution in [1.82, 2.24) is 4.98 Å². The van der Waals surface area contributed by atoms with E-state index in [-0.39, 0.29) is 0 Å². The zero-order chi connectivity index (χ0) is 15.1. The molecule has 3 heterocycles. The van der Waals surface area contributed by atoms with Gasteiger partial charge in [0.05, 0.1) is 12.6 Å². The summed E-state index contributed by atoms with van der Waals surface area (Å²) in [7, 11) is 1.68. The van der Waals surface area contributed by atoms with Gasteiger partial charge in [0.15, 0.2) is 5.76 Å². The molecule has 2 aromatic heterocycles. The number of hydrogen-bond acceptors (Lipinski definition) is 4. The van der Waals surface area contributed by atoms with Gasteiger partial charge in [0.1, 0.15) is 17.2 Å². The Balaban J connectivity index is 2.02. The fourth-order valence-electron chi connectivity index (χ4n) is 3.10. The summed E-state index contributed by atoms with van der Waals surface area (Å²) in [5.74, 6) is 2.56. The zero-order valence-corrected chi connectivity index (χ0v) is 12.8. The number of fused-ring (bicyclic) bond motifs is 3. The van der Waals surface area contributed by atoms with E-state index in [0.717, 1.165) is 53.3 Å². The molecule has 1 aliphatic heterocycles. The Morgan fingerprint density at radius 1 is 1.23 bits per heavy atom. The van der Waals surface area contributed by atoms with Crippen molar-refractivity contribution >= 4 is 16.6 Å². The molecule has 1 aromatic carbocycles. The number of aryl methyl sites for hydroxylation is 1. The maximum Gasteiger partial charge on any atom is 0.153 e. The van der Waals surface area contributed by atoms with Gasteiger partial charge in [-0.3, -0.25) is 0 Å². The van der Waals surface area contributed by atoms with Crippen molar-refractivity contribution < 1.29 is 9.15 Å². The molecular weight excluding hydrogens is 276 g/mol. The Labute approximate surface area is 129 Å². The van der Waals surface area contributed by atoms with Gasteiger partial charge in [0.2, 0.25) is 0 Å². The summed E-state index contributed by atoms with van der Waals surface area (Å²) >= 11 is 0. The molecule has 0 saturated heterocycles. The number of pyridine rings is 1. The minimum atomic E-state index is 0.817. The van der Waals surface area contributed by atoms with Crippen molar-refractivity contribution in [2.24, 2.45) is 0 Å². The number of rotatable bonds is 2. The molecular formula is C18H18N2O2. The fourth-order valence-corrected chi connectivity index (χ4v) is 3.10. The molecule has 3 aromatic rings. The van der Waals surface area contributed by atoms with Crippen LogP contribution in [0.5, 0.6) is 5.75 Å². The molecule has 4 rings (SSSR count). The quantitative estimate of drug-likeness (QED) is 0.770. The molecule has 0 spiro atoms. The van der Waals surface area contributed by atoms with E-state index in [4.69, 9.17) is 14.1 Å². The average Bonchev–Trinajstić information content (AvgIpc) is 2.99.